The highest BCUT2D eigenvalue weighted by atomic mass is 32.1. The topological polar surface area (TPSA) is 66.1 Å². The van der Waals surface area contributed by atoms with E-state index in [-0.39, 0.29) is 0 Å². The summed E-state index contributed by atoms with van der Waals surface area (Å²) >= 11 is 5.27. The van der Waals surface area contributed by atoms with Gasteiger partial charge in [-0.1, -0.05) is 0 Å². The van der Waals surface area contributed by atoms with E-state index in [0.29, 0.717) is 11.7 Å². The fourth-order valence-electron chi connectivity index (χ4n) is 1.39. The highest BCUT2D eigenvalue weighted by Crippen LogP contribution is 1.97. The van der Waals surface area contributed by atoms with Crippen LogP contribution >= 0.6 is 12.2 Å². The summed E-state index contributed by atoms with van der Waals surface area (Å²) < 4.78 is 5.25. The van der Waals surface area contributed by atoms with Gasteiger partial charge < -0.3 is 15.0 Å². The number of nitrogens with one attached hydrogen (secondary N) is 2. The fourth-order valence-corrected chi connectivity index (χ4v) is 1.56. The van der Waals surface area contributed by atoms with Crippen LogP contribution < -0.4 is 5.32 Å². The summed E-state index contributed by atoms with van der Waals surface area (Å²) in [5, 5.41) is 10.8. The van der Waals surface area contributed by atoms with E-state index in [9.17, 15) is 0 Å². The van der Waals surface area contributed by atoms with E-state index < -0.39 is 0 Å². The Balaban J connectivity index is 2.20. The van der Waals surface area contributed by atoms with Crippen LogP contribution in [-0.2, 0) is 11.3 Å². The molecule has 102 valence electrons. The molecule has 0 unspecified atom stereocenters. The van der Waals surface area contributed by atoms with Crippen molar-refractivity contribution in [3.8, 4) is 0 Å². The van der Waals surface area contributed by atoms with Gasteiger partial charge in [-0.05, 0) is 32.5 Å². The van der Waals surface area contributed by atoms with Crippen molar-refractivity contribution < 1.29 is 4.74 Å². The molecular weight excluding hydrogens is 250 g/mol. The van der Waals surface area contributed by atoms with E-state index in [2.05, 4.69) is 20.5 Å². The van der Waals surface area contributed by atoms with E-state index in [1.54, 1.807) is 0 Å². The van der Waals surface area contributed by atoms with Gasteiger partial charge in [-0.3, -0.25) is 5.10 Å². The minimum absolute atomic E-state index is 0.599. The third-order valence-electron chi connectivity index (χ3n) is 2.31. The molecule has 18 heavy (non-hydrogen) atoms. The van der Waals surface area contributed by atoms with Gasteiger partial charge in [-0.2, -0.15) is 5.10 Å². The van der Waals surface area contributed by atoms with Crippen molar-refractivity contribution in [1.82, 2.24) is 25.4 Å². The van der Waals surface area contributed by atoms with Gasteiger partial charge in [0.05, 0.1) is 6.54 Å². The Hall–Kier alpha value is -1.21. The second kappa shape index (κ2) is 7.99. The second-order valence-corrected chi connectivity index (χ2v) is 4.36. The van der Waals surface area contributed by atoms with Crippen LogP contribution in [0, 0.1) is 6.92 Å². The molecule has 0 aliphatic heterocycles. The molecule has 0 aromatic carbocycles. The number of aromatic amines is 1. The molecule has 0 aliphatic carbocycles. The lowest BCUT2D eigenvalue weighted by molar-refractivity contribution is 0.145. The van der Waals surface area contributed by atoms with E-state index >= 15 is 0 Å². The normalized spacial score (nSPS) is 10.4. The zero-order valence-electron chi connectivity index (χ0n) is 11.2. The molecule has 1 aromatic heterocycles. The summed E-state index contributed by atoms with van der Waals surface area (Å²) in [5.41, 5.74) is 0. The van der Waals surface area contributed by atoms with Gasteiger partial charge in [0.2, 0.25) is 0 Å². The summed E-state index contributed by atoms with van der Waals surface area (Å²) in [6, 6.07) is 0. The molecule has 0 saturated heterocycles. The van der Waals surface area contributed by atoms with Crippen LogP contribution in [0.4, 0.5) is 0 Å². The number of hydrogen-bond donors (Lipinski definition) is 2. The summed E-state index contributed by atoms with van der Waals surface area (Å²) in [4.78, 5) is 6.15. The van der Waals surface area contributed by atoms with Crippen LogP contribution in [0.2, 0.25) is 0 Å². The number of nitrogens with zero attached hydrogens (tertiary/aromatic N) is 3. The predicted octanol–water partition coefficient (Wildman–Crippen LogP) is 0.846. The number of rotatable bonds is 7. The first kappa shape index (κ1) is 14.8. The molecule has 0 spiro atoms. The largest absolute Gasteiger partial charge is 0.382 e. The van der Waals surface area contributed by atoms with Crippen molar-refractivity contribution in [2.75, 3.05) is 26.8 Å². The first-order valence-electron chi connectivity index (χ1n) is 6.08. The third kappa shape index (κ3) is 5.42. The van der Waals surface area contributed by atoms with E-state index in [1.807, 2.05) is 25.8 Å². The minimum atomic E-state index is 0.599. The number of aryl methyl sites for hydroxylation is 1. The number of thiocarbonyl (C=S) groups is 1. The Morgan fingerprint density at radius 2 is 2.33 bits per heavy atom. The zero-order valence-corrected chi connectivity index (χ0v) is 12.0. The summed E-state index contributed by atoms with van der Waals surface area (Å²) in [6.07, 6.45) is 0.946. The highest BCUT2D eigenvalue weighted by molar-refractivity contribution is 7.80. The van der Waals surface area contributed by atoms with E-state index in [1.165, 1.54) is 0 Å². The Morgan fingerprint density at radius 1 is 1.56 bits per heavy atom. The molecule has 0 amide bonds. The second-order valence-electron chi connectivity index (χ2n) is 3.98. The minimum Gasteiger partial charge on any atom is -0.382 e. The van der Waals surface area contributed by atoms with E-state index in [4.69, 9.17) is 17.0 Å². The van der Waals surface area contributed by atoms with Crippen LogP contribution in [0.15, 0.2) is 0 Å². The molecule has 7 heteroatoms. The third-order valence-corrected chi connectivity index (χ3v) is 2.77. The smallest absolute Gasteiger partial charge is 0.169 e. The van der Waals surface area contributed by atoms with Gasteiger partial charge in [0, 0.05) is 26.8 Å². The Bertz CT molecular complexity index is 368. The van der Waals surface area contributed by atoms with Crippen LogP contribution in [-0.4, -0.2) is 52.0 Å². The van der Waals surface area contributed by atoms with Crippen molar-refractivity contribution in [2.45, 2.75) is 26.8 Å². The van der Waals surface area contributed by atoms with Gasteiger partial charge in [0.15, 0.2) is 10.9 Å². The van der Waals surface area contributed by atoms with Crippen molar-refractivity contribution in [3.63, 3.8) is 0 Å². The molecule has 1 rings (SSSR count). The van der Waals surface area contributed by atoms with Gasteiger partial charge in [-0.15, -0.1) is 0 Å². The maximum absolute atomic E-state index is 5.27. The van der Waals surface area contributed by atoms with Crippen molar-refractivity contribution in [1.29, 1.82) is 0 Å². The lowest BCUT2D eigenvalue weighted by Crippen LogP contribution is -2.37. The molecular formula is C11H21N5OS. The number of ether oxygens (including phenoxy) is 1. The molecule has 0 fully saturated rings. The molecule has 1 aromatic rings. The molecule has 0 bridgehead atoms. The van der Waals surface area contributed by atoms with Crippen LogP contribution in [0.3, 0.4) is 0 Å². The van der Waals surface area contributed by atoms with Gasteiger partial charge in [0.1, 0.15) is 5.82 Å². The van der Waals surface area contributed by atoms with Crippen LogP contribution in [0.25, 0.3) is 0 Å². The Morgan fingerprint density at radius 3 is 2.94 bits per heavy atom. The maximum atomic E-state index is 5.27. The monoisotopic (exact) mass is 271 g/mol. The Kier molecular flexibility index (Phi) is 6.59. The molecule has 0 atom stereocenters. The fraction of sp³-hybridized carbons (Fsp3) is 0.727. The van der Waals surface area contributed by atoms with Crippen LogP contribution in [0.1, 0.15) is 25.0 Å². The van der Waals surface area contributed by atoms with Crippen LogP contribution in [0.5, 0.6) is 0 Å². The molecule has 6 nitrogen and oxygen atoms in total. The van der Waals surface area contributed by atoms with E-state index in [0.717, 1.165) is 37.8 Å². The standard InChI is InChI=1S/C11H21N5OS/c1-4-17-7-5-6-12-11(18)16(3)8-10-13-9(2)14-15-10/h4-8H2,1-3H3,(H,12,18)(H,13,14,15). The van der Waals surface area contributed by atoms with Crippen molar-refractivity contribution in [3.05, 3.63) is 11.6 Å². The summed E-state index contributed by atoms with van der Waals surface area (Å²) in [5.74, 6) is 1.56. The number of H-pyrrole nitrogens is 1. The van der Waals surface area contributed by atoms with Crippen molar-refractivity contribution >= 4 is 17.3 Å². The summed E-state index contributed by atoms with van der Waals surface area (Å²) in [7, 11) is 1.92. The number of aromatic nitrogens is 3. The Labute approximate surface area is 113 Å². The molecule has 0 radical (unpaired) electrons. The van der Waals surface area contributed by atoms with Crippen molar-refractivity contribution in [2.24, 2.45) is 0 Å². The summed E-state index contributed by atoms with van der Waals surface area (Å²) in [6.45, 7) is 6.80. The maximum Gasteiger partial charge on any atom is 0.169 e. The quantitative estimate of drug-likeness (QED) is 0.566. The molecule has 0 saturated carbocycles. The van der Waals surface area contributed by atoms with Gasteiger partial charge >= 0.3 is 0 Å². The molecule has 2 N–H and O–H groups in total. The first-order chi connectivity index (χ1) is 8.63. The average Bonchev–Trinajstić information content (AvgIpc) is 2.74. The first-order valence-corrected chi connectivity index (χ1v) is 6.49. The lowest BCUT2D eigenvalue weighted by Gasteiger charge is -2.19. The zero-order chi connectivity index (χ0) is 13.4. The van der Waals surface area contributed by atoms with Gasteiger partial charge in [-0.25, -0.2) is 4.98 Å². The number of hydrogen-bond acceptors (Lipinski definition) is 4. The van der Waals surface area contributed by atoms with Gasteiger partial charge in [0.25, 0.3) is 0 Å². The SMILES string of the molecule is CCOCCCNC(=S)N(C)Cc1n[nH]c(C)n1. The molecule has 1 heterocycles. The molecule has 0 aliphatic rings. The predicted molar refractivity (Wildman–Crippen MR) is 74.3 cm³/mol. The average molecular weight is 271 g/mol. The highest BCUT2D eigenvalue weighted by Gasteiger charge is 2.07. The lowest BCUT2D eigenvalue weighted by atomic mass is 10.4.